The average Bonchev–Trinajstić information content (AvgIpc) is 3.34. The van der Waals surface area contributed by atoms with Crippen molar-refractivity contribution < 1.29 is 9.59 Å². The van der Waals surface area contributed by atoms with Gasteiger partial charge < -0.3 is 10.2 Å². The van der Waals surface area contributed by atoms with Gasteiger partial charge in [-0.15, -0.1) is 11.3 Å². The molecular formula is C23H34N2O2S. The van der Waals surface area contributed by atoms with Crippen LogP contribution >= 0.6 is 11.3 Å². The Kier molecular flexibility index (Phi) is 6.39. The summed E-state index contributed by atoms with van der Waals surface area (Å²) >= 11 is 1.68. The molecule has 1 saturated carbocycles. The summed E-state index contributed by atoms with van der Waals surface area (Å²) in [5, 5.41) is 3.17. The van der Waals surface area contributed by atoms with Gasteiger partial charge in [0.2, 0.25) is 5.91 Å². The molecule has 154 valence electrons. The van der Waals surface area contributed by atoms with Gasteiger partial charge in [-0.25, -0.2) is 0 Å². The summed E-state index contributed by atoms with van der Waals surface area (Å²) in [6.07, 6.45) is 14.8. The van der Waals surface area contributed by atoms with Crippen LogP contribution in [0.1, 0.15) is 90.7 Å². The third-order valence-electron chi connectivity index (χ3n) is 6.97. The van der Waals surface area contributed by atoms with Gasteiger partial charge >= 0.3 is 0 Å². The minimum absolute atomic E-state index is 0.0227. The van der Waals surface area contributed by atoms with E-state index in [0.717, 1.165) is 69.3 Å². The summed E-state index contributed by atoms with van der Waals surface area (Å²) < 4.78 is 0. The van der Waals surface area contributed by atoms with E-state index in [4.69, 9.17) is 0 Å². The van der Waals surface area contributed by atoms with Crippen LogP contribution in [0.3, 0.4) is 0 Å². The van der Waals surface area contributed by atoms with Crippen LogP contribution in [0.25, 0.3) is 0 Å². The van der Waals surface area contributed by atoms with Gasteiger partial charge in [-0.3, -0.25) is 9.59 Å². The number of fused-ring (bicyclic) bond motifs is 1. The first kappa shape index (κ1) is 19.9. The van der Waals surface area contributed by atoms with Crippen molar-refractivity contribution >= 4 is 23.2 Å². The van der Waals surface area contributed by atoms with Crippen molar-refractivity contribution in [1.82, 2.24) is 10.2 Å². The lowest BCUT2D eigenvalue weighted by Crippen LogP contribution is -2.50. The van der Waals surface area contributed by atoms with Crippen LogP contribution in [0.15, 0.2) is 6.07 Å². The first-order chi connectivity index (χ1) is 13.7. The lowest BCUT2D eigenvalue weighted by atomic mass is 9.83. The van der Waals surface area contributed by atoms with Crippen LogP contribution < -0.4 is 5.32 Å². The fourth-order valence-electron chi connectivity index (χ4n) is 5.24. The summed E-state index contributed by atoms with van der Waals surface area (Å²) in [6, 6.07) is 2.12. The van der Waals surface area contributed by atoms with Gasteiger partial charge in [0.1, 0.15) is 0 Å². The van der Waals surface area contributed by atoms with Crippen molar-refractivity contribution in [3.63, 3.8) is 0 Å². The highest BCUT2D eigenvalue weighted by Crippen LogP contribution is 2.40. The quantitative estimate of drug-likeness (QED) is 0.793. The maximum absolute atomic E-state index is 13.3. The van der Waals surface area contributed by atoms with Crippen molar-refractivity contribution in [2.45, 2.75) is 83.5 Å². The molecule has 0 unspecified atom stereocenters. The molecule has 2 aliphatic carbocycles. The van der Waals surface area contributed by atoms with E-state index in [1.54, 1.807) is 11.3 Å². The number of carbonyl (C=O) groups excluding carboxylic acids is 2. The van der Waals surface area contributed by atoms with E-state index >= 15 is 0 Å². The summed E-state index contributed by atoms with van der Waals surface area (Å²) in [7, 11) is 0. The second-order valence-corrected chi connectivity index (χ2v) is 10.1. The molecule has 2 amide bonds. The molecule has 0 spiro atoms. The first-order valence-electron chi connectivity index (χ1n) is 11.4. The third-order valence-corrected chi connectivity index (χ3v) is 8.20. The monoisotopic (exact) mass is 402 g/mol. The number of nitrogens with zero attached hydrogens (tertiary/aromatic N) is 1. The number of hydrogen-bond acceptors (Lipinski definition) is 3. The Balaban J connectivity index is 1.42. The minimum Gasteiger partial charge on any atom is -0.350 e. The number of nitrogens with one attached hydrogen (secondary N) is 1. The maximum Gasteiger partial charge on any atom is 0.261 e. The maximum atomic E-state index is 13.3. The SMILES string of the molecule is O=C(NCC1(C(=O)N2CCCCC2)CCCC1)c1cc2c(s1)CCCCCC2. The van der Waals surface area contributed by atoms with Crippen LogP contribution in [0.5, 0.6) is 0 Å². The minimum atomic E-state index is -0.362. The summed E-state index contributed by atoms with van der Waals surface area (Å²) in [4.78, 5) is 30.5. The number of rotatable bonds is 4. The molecule has 4 rings (SSSR count). The fraction of sp³-hybridized carbons (Fsp3) is 0.739. The molecule has 28 heavy (non-hydrogen) atoms. The number of thiophene rings is 1. The second-order valence-electron chi connectivity index (χ2n) is 9.00. The van der Waals surface area contributed by atoms with Crippen molar-refractivity contribution in [1.29, 1.82) is 0 Å². The average molecular weight is 403 g/mol. The van der Waals surface area contributed by atoms with E-state index in [9.17, 15) is 9.59 Å². The zero-order valence-corrected chi connectivity index (χ0v) is 17.9. The molecule has 2 fully saturated rings. The lowest BCUT2D eigenvalue weighted by Gasteiger charge is -2.36. The second kappa shape index (κ2) is 8.98. The molecule has 0 radical (unpaired) electrons. The Morgan fingerprint density at radius 3 is 2.36 bits per heavy atom. The molecule has 0 atom stereocenters. The smallest absolute Gasteiger partial charge is 0.261 e. The normalized spacial score (nSPS) is 22.2. The molecule has 5 heteroatoms. The summed E-state index contributed by atoms with van der Waals surface area (Å²) in [5.74, 6) is 0.318. The highest BCUT2D eigenvalue weighted by atomic mass is 32.1. The van der Waals surface area contributed by atoms with Crippen molar-refractivity contribution in [2.24, 2.45) is 5.41 Å². The molecule has 2 heterocycles. The Hall–Kier alpha value is -1.36. The molecule has 1 aliphatic heterocycles. The molecule has 1 saturated heterocycles. The molecule has 1 aromatic heterocycles. The largest absolute Gasteiger partial charge is 0.350 e. The third kappa shape index (κ3) is 4.29. The molecule has 0 aromatic carbocycles. The lowest BCUT2D eigenvalue weighted by molar-refractivity contribution is -0.142. The zero-order chi connectivity index (χ0) is 19.4. The highest BCUT2D eigenvalue weighted by Gasteiger charge is 2.43. The Labute approximate surface area is 173 Å². The molecule has 1 N–H and O–H groups in total. The van der Waals surface area contributed by atoms with Gasteiger partial charge in [0.05, 0.1) is 10.3 Å². The molecular weight excluding hydrogens is 368 g/mol. The van der Waals surface area contributed by atoms with Crippen molar-refractivity contribution in [3.05, 3.63) is 21.4 Å². The highest BCUT2D eigenvalue weighted by molar-refractivity contribution is 7.14. The van der Waals surface area contributed by atoms with Crippen molar-refractivity contribution in [3.8, 4) is 0 Å². The van der Waals surface area contributed by atoms with Crippen LogP contribution in [-0.4, -0.2) is 36.3 Å². The molecule has 3 aliphatic rings. The van der Waals surface area contributed by atoms with E-state index in [-0.39, 0.29) is 11.3 Å². The van der Waals surface area contributed by atoms with Gasteiger partial charge in [0.25, 0.3) is 5.91 Å². The van der Waals surface area contributed by atoms with Crippen LogP contribution in [0.4, 0.5) is 0 Å². The van der Waals surface area contributed by atoms with E-state index in [0.29, 0.717) is 12.5 Å². The number of aryl methyl sites for hydroxylation is 2. The number of likely N-dealkylation sites (tertiary alicyclic amines) is 1. The summed E-state index contributed by atoms with van der Waals surface area (Å²) in [6.45, 7) is 2.29. The fourth-order valence-corrected chi connectivity index (χ4v) is 6.41. The van der Waals surface area contributed by atoms with Gasteiger partial charge in [0.15, 0.2) is 0 Å². The predicted octanol–water partition coefficient (Wildman–Crippen LogP) is 4.71. The Morgan fingerprint density at radius 1 is 0.929 bits per heavy atom. The zero-order valence-electron chi connectivity index (χ0n) is 17.1. The Morgan fingerprint density at radius 2 is 1.61 bits per heavy atom. The molecule has 4 nitrogen and oxygen atoms in total. The number of amides is 2. The van der Waals surface area contributed by atoms with Crippen LogP contribution in [-0.2, 0) is 17.6 Å². The van der Waals surface area contributed by atoms with Gasteiger partial charge in [-0.2, -0.15) is 0 Å². The van der Waals surface area contributed by atoms with Crippen LogP contribution in [0.2, 0.25) is 0 Å². The van der Waals surface area contributed by atoms with Crippen LogP contribution in [0, 0.1) is 5.41 Å². The first-order valence-corrected chi connectivity index (χ1v) is 12.2. The molecule has 0 bridgehead atoms. The van der Waals surface area contributed by atoms with Gasteiger partial charge in [0, 0.05) is 24.5 Å². The van der Waals surface area contributed by atoms with Gasteiger partial charge in [-0.1, -0.05) is 25.7 Å². The number of piperidine rings is 1. The van der Waals surface area contributed by atoms with Crippen molar-refractivity contribution in [2.75, 3.05) is 19.6 Å². The van der Waals surface area contributed by atoms with Gasteiger partial charge in [-0.05, 0) is 69.4 Å². The number of carbonyl (C=O) groups is 2. The topological polar surface area (TPSA) is 49.4 Å². The summed E-state index contributed by atoms with van der Waals surface area (Å²) in [5.41, 5.74) is 1.02. The van der Waals surface area contributed by atoms with E-state index < -0.39 is 0 Å². The number of hydrogen-bond donors (Lipinski definition) is 1. The standard InChI is InChI=1S/C23H34N2O2S/c26-21(20-16-18-10-4-1-2-5-11-19(18)28-20)24-17-23(12-6-7-13-23)22(27)25-14-8-3-9-15-25/h16H,1-15,17H2,(H,24,26). The Bertz CT molecular complexity index is 674. The van der Waals surface area contributed by atoms with E-state index in [1.165, 1.54) is 42.5 Å². The van der Waals surface area contributed by atoms with E-state index in [2.05, 4.69) is 16.3 Å². The predicted molar refractivity (Wildman–Crippen MR) is 114 cm³/mol. The molecule has 1 aromatic rings. The van der Waals surface area contributed by atoms with E-state index in [1.807, 2.05) is 0 Å².